The van der Waals surface area contributed by atoms with E-state index in [1.807, 2.05) is 32.0 Å². The van der Waals surface area contributed by atoms with Crippen LogP contribution in [0.25, 0.3) is 0 Å². The highest BCUT2D eigenvalue weighted by molar-refractivity contribution is 6.30. The van der Waals surface area contributed by atoms with Crippen LogP contribution in [0.4, 0.5) is 5.69 Å². The summed E-state index contributed by atoms with van der Waals surface area (Å²) in [6, 6.07) is 20.0. The molecule has 0 aliphatic rings. The number of ether oxygens (including phenoxy) is 2. The van der Waals surface area contributed by atoms with E-state index < -0.39 is 0 Å². The van der Waals surface area contributed by atoms with Gasteiger partial charge in [-0.05, 0) is 79.6 Å². The smallest absolute Gasteiger partial charge is 0.262 e. The number of hydrogen-bond donors (Lipinski definition) is 1. The van der Waals surface area contributed by atoms with Crippen LogP contribution in [0.2, 0.25) is 5.02 Å². The Hall–Kier alpha value is -2.98. The Morgan fingerprint density at radius 1 is 0.926 bits per heavy atom. The number of aryl methyl sites for hydroxylation is 1. The lowest BCUT2D eigenvalue weighted by Gasteiger charge is -2.11. The zero-order chi connectivity index (χ0) is 19.2. The van der Waals surface area contributed by atoms with Crippen LogP contribution in [-0.2, 0) is 4.79 Å². The van der Waals surface area contributed by atoms with Gasteiger partial charge in [-0.1, -0.05) is 23.7 Å². The summed E-state index contributed by atoms with van der Waals surface area (Å²) in [6.45, 7) is 3.94. The zero-order valence-electron chi connectivity index (χ0n) is 15.2. The number of carbonyl (C=O) groups is 1. The maximum absolute atomic E-state index is 12.1. The standard InChI is InChI=1S/C22H20ClNO3/c1-15-4-3-5-21(16(15)2)26-14-22(25)24-18-8-12-20(13-9-18)27-19-10-6-17(23)7-11-19/h3-13H,14H2,1-2H3,(H,24,25). The molecule has 0 radical (unpaired) electrons. The highest BCUT2D eigenvalue weighted by Crippen LogP contribution is 2.24. The number of hydrogen-bond acceptors (Lipinski definition) is 3. The van der Waals surface area contributed by atoms with Gasteiger partial charge in [-0.15, -0.1) is 0 Å². The molecule has 0 aromatic heterocycles. The normalized spacial score (nSPS) is 10.3. The topological polar surface area (TPSA) is 47.6 Å². The Labute approximate surface area is 163 Å². The molecule has 4 nitrogen and oxygen atoms in total. The minimum atomic E-state index is -0.220. The fourth-order valence-electron chi connectivity index (χ4n) is 2.47. The third-order valence-corrected chi connectivity index (χ3v) is 4.35. The maximum atomic E-state index is 12.1. The summed E-state index contributed by atoms with van der Waals surface area (Å²) in [5.74, 6) is 1.86. The maximum Gasteiger partial charge on any atom is 0.262 e. The van der Waals surface area contributed by atoms with E-state index in [1.165, 1.54) is 0 Å². The first-order valence-electron chi connectivity index (χ1n) is 8.53. The van der Waals surface area contributed by atoms with E-state index in [0.29, 0.717) is 22.2 Å². The van der Waals surface area contributed by atoms with Gasteiger partial charge in [0.25, 0.3) is 5.91 Å². The van der Waals surface area contributed by atoms with E-state index >= 15 is 0 Å². The van der Waals surface area contributed by atoms with Crippen LogP contribution in [0.5, 0.6) is 17.2 Å². The zero-order valence-corrected chi connectivity index (χ0v) is 15.9. The van der Waals surface area contributed by atoms with Gasteiger partial charge in [0, 0.05) is 10.7 Å². The van der Waals surface area contributed by atoms with Crippen LogP contribution in [-0.4, -0.2) is 12.5 Å². The molecule has 0 unspecified atom stereocenters. The molecule has 138 valence electrons. The van der Waals surface area contributed by atoms with Crippen LogP contribution in [0, 0.1) is 13.8 Å². The van der Waals surface area contributed by atoms with Gasteiger partial charge in [0.05, 0.1) is 0 Å². The Balaban J connectivity index is 1.53. The van der Waals surface area contributed by atoms with Crippen LogP contribution < -0.4 is 14.8 Å². The molecule has 0 spiro atoms. The predicted molar refractivity (Wildman–Crippen MR) is 108 cm³/mol. The summed E-state index contributed by atoms with van der Waals surface area (Å²) in [7, 11) is 0. The number of anilines is 1. The number of nitrogens with one attached hydrogen (secondary N) is 1. The SMILES string of the molecule is Cc1cccc(OCC(=O)Nc2ccc(Oc3ccc(Cl)cc3)cc2)c1C. The van der Waals surface area contributed by atoms with Gasteiger partial charge in [0.15, 0.2) is 6.61 Å². The van der Waals surface area contributed by atoms with E-state index in [4.69, 9.17) is 21.1 Å². The third-order valence-electron chi connectivity index (χ3n) is 4.10. The van der Waals surface area contributed by atoms with Gasteiger partial charge in [-0.25, -0.2) is 0 Å². The van der Waals surface area contributed by atoms with Crippen molar-refractivity contribution in [2.45, 2.75) is 13.8 Å². The number of halogens is 1. The minimum absolute atomic E-state index is 0.0483. The fraction of sp³-hybridized carbons (Fsp3) is 0.136. The second-order valence-corrected chi connectivity index (χ2v) is 6.55. The van der Waals surface area contributed by atoms with E-state index in [0.717, 1.165) is 16.9 Å². The Morgan fingerprint density at radius 2 is 1.56 bits per heavy atom. The lowest BCUT2D eigenvalue weighted by atomic mass is 10.1. The van der Waals surface area contributed by atoms with Crippen LogP contribution >= 0.6 is 11.6 Å². The molecule has 0 fully saturated rings. The number of amides is 1. The number of benzene rings is 3. The fourth-order valence-corrected chi connectivity index (χ4v) is 2.59. The van der Waals surface area contributed by atoms with E-state index in [2.05, 4.69) is 5.32 Å². The van der Waals surface area contributed by atoms with Crippen molar-refractivity contribution in [2.24, 2.45) is 0 Å². The first-order valence-corrected chi connectivity index (χ1v) is 8.91. The molecule has 0 saturated heterocycles. The first kappa shape index (κ1) is 18.8. The average molecular weight is 382 g/mol. The third kappa shape index (κ3) is 5.25. The van der Waals surface area contributed by atoms with Crippen molar-refractivity contribution < 1.29 is 14.3 Å². The molecule has 0 bridgehead atoms. The molecule has 1 N–H and O–H groups in total. The largest absolute Gasteiger partial charge is 0.483 e. The molecule has 0 heterocycles. The van der Waals surface area contributed by atoms with Gasteiger partial charge in [0.2, 0.25) is 0 Å². The number of carbonyl (C=O) groups excluding carboxylic acids is 1. The Morgan fingerprint density at radius 3 is 2.22 bits per heavy atom. The summed E-state index contributed by atoms with van der Waals surface area (Å²) in [5, 5.41) is 3.46. The molecule has 0 saturated carbocycles. The van der Waals surface area contributed by atoms with Gasteiger partial charge >= 0.3 is 0 Å². The van der Waals surface area contributed by atoms with Gasteiger partial charge < -0.3 is 14.8 Å². The average Bonchev–Trinajstić information content (AvgIpc) is 2.66. The van der Waals surface area contributed by atoms with Crippen molar-refractivity contribution in [1.82, 2.24) is 0 Å². The first-order chi connectivity index (χ1) is 13.0. The second-order valence-electron chi connectivity index (χ2n) is 6.12. The molecule has 3 aromatic rings. The summed E-state index contributed by atoms with van der Waals surface area (Å²) in [5.41, 5.74) is 2.84. The summed E-state index contributed by atoms with van der Waals surface area (Å²) < 4.78 is 11.3. The number of rotatable bonds is 6. The van der Waals surface area contributed by atoms with Gasteiger partial charge in [-0.2, -0.15) is 0 Å². The lowest BCUT2D eigenvalue weighted by Crippen LogP contribution is -2.20. The molecule has 0 aliphatic heterocycles. The van der Waals surface area contributed by atoms with Crippen LogP contribution in [0.15, 0.2) is 66.7 Å². The molecule has 5 heteroatoms. The van der Waals surface area contributed by atoms with Crippen LogP contribution in [0.3, 0.4) is 0 Å². The molecule has 3 rings (SSSR count). The van der Waals surface area contributed by atoms with Crippen molar-refractivity contribution in [3.05, 3.63) is 82.9 Å². The highest BCUT2D eigenvalue weighted by Gasteiger charge is 2.07. The van der Waals surface area contributed by atoms with Crippen molar-refractivity contribution in [3.8, 4) is 17.2 Å². The van der Waals surface area contributed by atoms with E-state index in [1.54, 1.807) is 48.5 Å². The quantitative estimate of drug-likeness (QED) is 0.589. The molecule has 3 aromatic carbocycles. The molecule has 0 aliphatic carbocycles. The Bertz CT molecular complexity index is 921. The van der Waals surface area contributed by atoms with Gasteiger partial charge in [0.1, 0.15) is 17.2 Å². The monoisotopic (exact) mass is 381 g/mol. The van der Waals surface area contributed by atoms with Crippen LogP contribution in [0.1, 0.15) is 11.1 Å². The lowest BCUT2D eigenvalue weighted by molar-refractivity contribution is -0.118. The highest BCUT2D eigenvalue weighted by atomic mass is 35.5. The Kier molecular flexibility index (Phi) is 5.99. The summed E-state index contributed by atoms with van der Waals surface area (Å²) in [4.78, 5) is 12.1. The van der Waals surface area contributed by atoms with Gasteiger partial charge in [-0.3, -0.25) is 4.79 Å². The second kappa shape index (κ2) is 8.60. The molecular formula is C22H20ClNO3. The minimum Gasteiger partial charge on any atom is -0.483 e. The summed E-state index contributed by atoms with van der Waals surface area (Å²) >= 11 is 5.86. The summed E-state index contributed by atoms with van der Waals surface area (Å²) in [6.07, 6.45) is 0. The molecule has 27 heavy (non-hydrogen) atoms. The predicted octanol–water partition coefficient (Wildman–Crippen LogP) is 5.77. The van der Waals surface area contributed by atoms with Crippen molar-refractivity contribution in [1.29, 1.82) is 0 Å². The van der Waals surface area contributed by atoms with Crippen molar-refractivity contribution in [2.75, 3.05) is 11.9 Å². The molecule has 1 amide bonds. The molecule has 0 atom stereocenters. The molecular weight excluding hydrogens is 362 g/mol. The van der Waals surface area contributed by atoms with Crippen molar-refractivity contribution >= 4 is 23.2 Å². The van der Waals surface area contributed by atoms with E-state index in [-0.39, 0.29) is 12.5 Å². The van der Waals surface area contributed by atoms with Crippen molar-refractivity contribution in [3.63, 3.8) is 0 Å². The van der Waals surface area contributed by atoms with E-state index in [9.17, 15) is 4.79 Å².